The molecule has 4 N–H and O–H groups in total. The minimum Gasteiger partial charge on any atom is -0.330 e. The number of carbonyl (C=O) groups excluding carboxylic acids is 1. The SMILES string of the molecule is NCC1CNC(C(=O)Nc2cccc(Br)n2)C1. The second-order valence-corrected chi connectivity index (χ2v) is 4.95. The van der Waals surface area contributed by atoms with E-state index in [1.165, 1.54) is 0 Å². The van der Waals surface area contributed by atoms with Gasteiger partial charge in [0.15, 0.2) is 0 Å². The second kappa shape index (κ2) is 5.57. The Balaban J connectivity index is 1.93. The average Bonchev–Trinajstić information content (AvgIpc) is 2.77. The summed E-state index contributed by atoms with van der Waals surface area (Å²) >= 11 is 3.26. The van der Waals surface area contributed by atoms with Crippen molar-refractivity contribution in [3.63, 3.8) is 0 Å². The van der Waals surface area contributed by atoms with Crippen molar-refractivity contribution in [2.75, 3.05) is 18.4 Å². The topological polar surface area (TPSA) is 80.0 Å². The fourth-order valence-corrected chi connectivity index (χ4v) is 2.22. The molecule has 0 radical (unpaired) electrons. The van der Waals surface area contributed by atoms with Crippen LogP contribution < -0.4 is 16.4 Å². The third-order valence-corrected chi connectivity index (χ3v) is 3.28. The standard InChI is InChI=1S/C11H15BrN4O/c12-9-2-1-3-10(15-9)16-11(17)8-4-7(5-13)6-14-8/h1-3,7-8,14H,4-6,13H2,(H,15,16,17). The van der Waals surface area contributed by atoms with E-state index in [0.717, 1.165) is 13.0 Å². The van der Waals surface area contributed by atoms with Crippen LogP contribution in [0.4, 0.5) is 5.82 Å². The average molecular weight is 299 g/mol. The Hall–Kier alpha value is -0.980. The Morgan fingerprint density at radius 2 is 2.47 bits per heavy atom. The van der Waals surface area contributed by atoms with Crippen molar-refractivity contribution in [3.8, 4) is 0 Å². The van der Waals surface area contributed by atoms with Gasteiger partial charge in [-0.1, -0.05) is 6.07 Å². The van der Waals surface area contributed by atoms with Gasteiger partial charge in [-0.05, 0) is 53.5 Å². The molecule has 6 heteroatoms. The Morgan fingerprint density at radius 1 is 1.65 bits per heavy atom. The van der Waals surface area contributed by atoms with Gasteiger partial charge in [-0.3, -0.25) is 4.79 Å². The summed E-state index contributed by atoms with van der Waals surface area (Å²) in [5.41, 5.74) is 5.58. The molecule has 0 bridgehead atoms. The molecule has 5 nitrogen and oxygen atoms in total. The number of rotatable bonds is 3. The number of pyridine rings is 1. The molecular weight excluding hydrogens is 284 g/mol. The number of hydrogen-bond acceptors (Lipinski definition) is 4. The van der Waals surface area contributed by atoms with Crippen LogP contribution in [0.5, 0.6) is 0 Å². The van der Waals surface area contributed by atoms with Gasteiger partial charge in [0, 0.05) is 0 Å². The molecule has 0 spiro atoms. The molecule has 2 atom stereocenters. The third kappa shape index (κ3) is 3.24. The van der Waals surface area contributed by atoms with E-state index in [0.29, 0.717) is 22.9 Å². The number of nitrogens with zero attached hydrogens (tertiary/aromatic N) is 1. The van der Waals surface area contributed by atoms with Gasteiger partial charge in [-0.15, -0.1) is 0 Å². The summed E-state index contributed by atoms with van der Waals surface area (Å²) in [6.45, 7) is 1.42. The zero-order valence-corrected chi connectivity index (χ0v) is 10.9. The summed E-state index contributed by atoms with van der Waals surface area (Å²) in [5, 5.41) is 5.95. The van der Waals surface area contributed by atoms with E-state index < -0.39 is 0 Å². The maximum absolute atomic E-state index is 11.9. The smallest absolute Gasteiger partial charge is 0.242 e. The van der Waals surface area contributed by atoms with Crippen LogP contribution in [0, 0.1) is 5.92 Å². The molecular formula is C11H15BrN4O. The highest BCUT2D eigenvalue weighted by Gasteiger charge is 2.28. The fourth-order valence-electron chi connectivity index (χ4n) is 1.88. The first kappa shape index (κ1) is 12.5. The number of nitrogens with one attached hydrogen (secondary N) is 2. The summed E-state index contributed by atoms with van der Waals surface area (Å²) in [6.07, 6.45) is 0.788. The van der Waals surface area contributed by atoms with Crippen LogP contribution in [0.25, 0.3) is 0 Å². The third-order valence-electron chi connectivity index (χ3n) is 2.84. The van der Waals surface area contributed by atoms with Crippen LogP contribution in [0.2, 0.25) is 0 Å². The van der Waals surface area contributed by atoms with Crippen LogP contribution in [0.15, 0.2) is 22.8 Å². The predicted molar refractivity (Wildman–Crippen MR) is 69.5 cm³/mol. The molecule has 92 valence electrons. The molecule has 1 aromatic rings. The Kier molecular flexibility index (Phi) is 4.09. The van der Waals surface area contributed by atoms with Crippen LogP contribution in [0.1, 0.15) is 6.42 Å². The normalized spacial score (nSPS) is 23.6. The van der Waals surface area contributed by atoms with Gasteiger partial charge < -0.3 is 16.4 Å². The Bertz CT molecular complexity index is 412. The maximum Gasteiger partial charge on any atom is 0.242 e. The molecule has 2 heterocycles. The summed E-state index contributed by atoms with van der Waals surface area (Å²) in [6, 6.07) is 5.24. The van der Waals surface area contributed by atoms with Crippen molar-refractivity contribution >= 4 is 27.7 Å². The first-order chi connectivity index (χ1) is 8.19. The highest BCUT2D eigenvalue weighted by molar-refractivity contribution is 9.10. The molecule has 1 aromatic heterocycles. The minimum atomic E-state index is -0.163. The number of carbonyl (C=O) groups is 1. The molecule has 1 aliphatic rings. The summed E-state index contributed by atoms with van der Waals surface area (Å²) < 4.78 is 0.703. The van der Waals surface area contributed by atoms with Gasteiger partial charge in [0.05, 0.1) is 6.04 Å². The predicted octanol–water partition coefficient (Wildman–Crippen LogP) is 0.719. The monoisotopic (exact) mass is 298 g/mol. The summed E-state index contributed by atoms with van der Waals surface area (Å²) in [7, 11) is 0. The number of aromatic nitrogens is 1. The van der Waals surface area contributed by atoms with E-state index in [-0.39, 0.29) is 11.9 Å². The van der Waals surface area contributed by atoms with E-state index >= 15 is 0 Å². The van der Waals surface area contributed by atoms with Crippen LogP contribution in [-0.4, -0.2) is 30.0 Å². The van der Waals surface area contributed by atoms with Gasteiger partial charge in [0.25, 0.3) is 0 Å². The minimum absolute atomic E-state index is 0.0495. The number of amides is 1. The van der Waals surface area contributed by atoms with Gasteiger partial charge >= 0.3 is 0 Å². The van der Waals surface area contributed by atoms with Crippen molar-refractivity contribution < 1.29 is 4.79 Å². The number of hydrogen-bond donors (Lipinski definition) is 3. The highest BCUT2D eigenvalue weighted by Crippen LogP contribution is 2.15. The lowest BCUT2D eigenvalue weighted by atomic mass is 10.1. The van der Waals surface area contributed by atoms with Crippen molar-refractivity contribution in [1.29, 1.82) is 0 Å². The quantitative estimate of drug-likeness (QED) is 0.719. The van der Waals surface area contributed by atoms with Crippen molar-refractivity contribution in [2.24, 2.45) is 11.7 Å². The molecule has 2 rings (SSSR count). The summed E-state index contributed by atoms with van der Waals surface area (Å²) in [4.78, 5) is 16.1. The number of nitrogens with two attached hydrogens (primary N) is 1. The van der Waals surface area contributed by atoms with Crippen molar-refractivity contribution in [3.05, 3.63) is 22.8 Å². The number of halogens is 1. The van der Waals surface area contributed by atoms with Crippen LogP contribution in [-0.2, 0) is 4.79 Å². The van der Waals surface area contributed by atoms with E-state index in [2.05, 4.69) is 31.5 Å². The lowest BCUT2D eigenvalue weighted by Gasteiger charge is -2.10. The second-order valence-electron chi connectivity index (χ2n) is 4.13. The molecule has 1 amide bonds. The lowest BCUT2D eigenvalue weighted by Crippen LogP contribution is -2.35. The van der Waals surface area contributed by atoms with Gasteiger partial charge in [0.1, 0.15) is 10.4 Å². The lowest BCUT2D eigenvalue weighted by molar-refractivity contribution is -0.117. The molecule has 2 unspecified atom stereocenters. The van der Waals surface area contributed by atoms with E-state index in [1.54, 1.807) is 6.07 Å². The first-order valence-corrected chi connectivity index (χ1v) is 6.35. The van der Waals surface area contributed by atoms with E-state index in [1.807, 2.05) is 12.1 Å². The highest BCUT2D eigenvalue weighted by atomic mass is 79.9. The molecule has 0 aliphatic carbocycles. The maximum atomic E-state index is 11.9. The van der Waals surface area contributed by atoms with Crippen LogP contribution >= 0.6 is 15.9 Å². The van der Waals surface area contributed by atoms with E-state index in [4.69, 9.17) is 5.73 Å². The molecule has 1 fully saturated rings. The van der Waals surface area contributed by atoms with Gasteiger partial charge in [-0.25, -0.2) is 4.98 Å². The molecule has 0 aromatic carbocycles. The van der Waals surface area contributed by atoms with Crippen LogP contribution in [0.3, 0.4) is 0 Å². The largest absolute Gasteiger partial charge is 0.330 e. The fraction of sp³-hybridized carbons (Fsp3) is 0.455. The van der Waals surface area contributed by atoms with E-state index in [9.17, 15) is 4.79 Å². The molecule has 1 aliphatic heterocycles. The van der Waals surface area contributed by atoms with Crippen molar-refractivity contribution in [1.82, 2.24) is 10.3 Å². The number of anilines is 1. The Morgan fingerprint density at radius 3 is 3.12 bits per heavy atom. The zero-order valence-electron chi connectivity index (χ0n) is 9.32. The molecule has 1 saturated heterocycles. The first-order valence-electron chi connectivity index (χ1n) is 5.56. The molecule has 17 heavy (non-hydrogen) atoms. The van der Waals surface area contributed by atoms with Gasteiger partial charge in [0.2, 0.25) is 5.91 Å². The van der Waals surface area contributed by atoms with Crippen molar-refractivity contribution in [2.45, 2.75) is 12.5 Å². The van der Waals surface area contributed by atoms with Gasteiger partial charge in [-0.2, -0.15) is 0 Å². The zero-order chi connectivity index (χ0) is 12.3. The molecule has 0 saturated carbocycles. The Labute approximate surface area is 108 Å². The summed E-state index contributed by atoms with van der Waals surface area (Å²) in [5.74, 6) is 0.898.